The van der Waals surface area contributed by atoms with E-state index in [2.05, 4.69) is 0 Å². The van der Waals surface area contributed by atoms with Crippen molar-refractivity contribution in [1.82, 2.24) is 0 Å². The molecule has 1 aromatic rings. The van der Waals surface area contributed by atoms with Gasteiger partial charge in [0.15, 0.2) is 0 Å². The first-order valence-electron chi connectivity index (χ1n) is 3.21. The third-order valence-electron chi connectivity index (χ3n) is 1.55. The fourth-order valence-corrected chi connectivity index (χ4v) is 0.867. The van der Waals surface area contributed by atoms with Gasteiger partial charge in [0.1, 0.15) is 0 Å². The summed E-state index contributed by atoms with van der Waals surface area (Å²) >= 11 is 0. The molecule has 0 aliphatic heterocycles. The van der Waals surface area contributed by atoms with Crippen molar-refractivity contribution in [3.63, 3.8) is 0 Å². The van der Waals surface area contributed by atoms with Gasteiger partial charge in [0.2, 0.25) is 0 Å². The Kier molecular flexibility index (Phi) is 1.69. The molecule has 0 atom stereocenters. The average molecular weight is 147 g/mol. The van der Waals surface area contributed by atoms with E-state index in [1.165, 1.54) is 0 Å². The topological polar surface area (TPSA) is 75.8 Å². The lowest BCUT2D eigenvalue weighted by molar-refractivity contribution is 1.40. The number of rotatable bonds is 0. The largest absolute Gasteiger partial charge is 0.397 e. The first kappa shape index (κ1) is 7.42. The van der Waals surface area contributed by atoms with Crippen LogP contribution in [0.1, 0.15) is 11.1 Å². The first-order valence-corrected chi connectivity index (χ1v) is 3.21. The number of nitrogen functional groups attached to an aromatic ring is 2. The molecule has 0 aliphatic rings. The number of benzene rings is 1. The fourth-order valence-electron chi connectivity index (χ4n) is 0.867. The van der Waals surface area contributed by atoms with E-state index in [1.54, 1.807) is 12.1 Å². The van der Waals surface area contributed by atoms with Crippen LogP contribution in [-0.2, 0) is 0 Å². The Bertz CT molecular complexity index is 323. The van der Waals surface area contributed by atoms with Gasteiger partial charge >= 0.3 is 0 Å². The summed E-state index contributed by atoms with van der Waals surface area (Å²) in [5.74, 6) is 0. The SMILES string of the molecule is Cc1cc(N)c(N)cc1C#N. The summed E-state index contributed by atoms with van der Waals surface area (Å²) in [5, 5.41) is 8.59. The maximum atomic E-state index is 8.59. The number of hydrogen-bond donors (Lipinski definition) is 2. The van der Waals surface area contributed by atoms with Crippen LogP contribution >= 0.6 is 0 Å². The molecule has 0 radical (unpaired) electrons. The molecule has 0 bridgehead atoms. The van der Waals surface area contributed by atoms with Crippen LogP contribution in [0.5, 0.6) is 0 Å². The van der Waals surface area contributed by atoms with Crippen molar-refractivity contribution < 1.29 is 0 Å². The highest BCUT2D eigenvalue weighted by atomic mass is 14.7. The summed E-state index contributed by atoms with van der Waals surface area (Å²) in [6, 6.07) is 5.32. The fraction of sp³-hybridized carbons (Fsp3) is 0.125. The van der Waals surface area contributed by atoms with Crippen LogP contribution in [0.25, 0.3) is 0 Å². The number of aryl methyl sites for hydroxylation is 1. The van der Waals surface area contributed by atoms with Gasteiger partial charge in [-0.25, -0.2) is 0 Å². The maximum absolute atomic E-state index is 8.59. The Morgan fingerprint density at radius 1 is 1.27 bits per heavy atom. The predicted molar refractivity (Wildman–Crippen MR) is 44.7 cm³/mol. The lowest BCUT2D eigenvalue weighted by Crippen LogP contribution is -1.96. The predicted octanol–water partition coefficient (Wildman–Crippen LogP) is 1.03. The highest BCUT2D eigenvalue weighted by molar-refractivity contribution is 5.67. The summed E-state index contributed by atoms with van der Waals surface area (Å²) in [6.45, 7) is 1.83. The quantitative estimate of drug-likeness (QED) is 0.538. The normalized spacial score (nSPS) is 9.09. The van der Waals surface area contributed by atoms with Crippen molar-refractivity contribution in [3.8, 4) is 6.07 Å². The van der Waals surface area contributed by atoms with E-state index in [0.29, 0.717) is 16.9 Å². The second kappa shape index (κ2) is 2.51. The number of nitrogens with zero attached hydrogens (tertiary/aromatic N) is 1. The Hall–Kier alpha value is -1.69. The minimum atomic E-state index is 0.465. The average Bonchev–Trinajstić information content (AvgIpc) is 1.97. The molecule has 4 N–H and O–H groups in total. The molecule has 3 nitrogen and oxygen atoms in total. The van der Waals surface area contributed by atoms with Crippen molar-refractivity contribution >= 4 is 11.4 Å². The minimum Gasteiger partial charge on any atom is -0.397 e. The number of nitrogens with two attached hydrogens (primary N) is 2. The van der Waals surface area contributed by atoms with Gasteiger partial charge in [-0.15, -0.1) is 0 Å². The molecule has 1 aromatic carbocycles. The molecule has 3 heteroatoms. The van der Waals surface area contributed by atoms with E-state index < -0.39 is 0 Å². The van der Waals surface area contributed by atoms with Crippen LogP contribution < -0.4 is 11.5 Å². The Balaban J connectivity index is 3.35. The van der Waals surface area contributed by atoms with E-state index in [1.807, 2.05) is 13.0 Å². The van der Waals surface area contributed by atoms with E-state index in [-0.39, 0.29) is 0 Å². The highest BCUT2D eigenvalue weighted by Crippen LogP contribution is 2.19. The van der Waals surface area contributed by atoms with Crippen LogP contribution in [0.15, 0.2) is 12.1 Å². The molecule has 0 unspecified atom stereocenters. The van der Waals surface area contributed by atoms with Crippen molar-refractivity contribution in [2.75, 3.05) is 11.5 Å². The van der Waals surface area contributed by atoms with Crippen LogP contribution in [-0.4, -0.2) is 0 Å². The standard InChI is InChI=1S/C8H9N3/c1-5-2-7(10)8(11)3-6(5)4-9/h2-3H,10-11H2,1H3. The second-order valence-electron chi connectivity index (χ2n) is 2.41. The van der Waals surface area contributed by atoms with Crippen LogP contribution in [0.2, 0.25) is 0 Å². The molecular formula is C8H9N3. The number of anilines is 2. The van der Waals surface area contributed by atoms with Gasteiger partial charge in [0, 0.05) is 0 Å². The first-order chi connectivity index (χ1) is 5.15. The molecule has 0 amide bonds. The molecule has 0 heterocycles. The van der Waals surface area contributed by atoms with E-state index >= 15 is 0 Å². The zero-order chi connectivity index (χ0) is 8.43. The lowest BCUT2D eigenvalue weighted by Gasteiger charge is -2.02. The molecule has 1 rings (SSSR count). The van der Waals surface area contributed by atoms with Crippen molar-refractivity contribution in [3.05, 3.63) is 23.3 Å². The molecular weight excluding hydrogens is 138 g/mol. The van der Waals surface area contributed by atoms with Gasteiger partial charge in [-0.2, -0.15) is 5.26 Å². The summed E-state index contributed by atoms with van der Waals surface area (Å²) in [4.78, 5) is 0. The van der Waals surface area contributed by atoms with Crippen LogP contribution in [0.4, 0.5) is 11.4 Å². The third-order valence-corrected chi connectivity index (χ3v) is 1.55. The Morgan fingerprint density at radius 3 is 2.36 bits per heavy atom. The number of nitriles is 1. The monoisotopic (exact) mass is 147 g/mol. The molecule has 0 saturated carbocycles. The summed E-state index contributed by atoms with van der Waals surface area (Å²) in [5.41, 5.74) is 13.4. The number of hydrogen-bond acceptors (Lipinski definition) is 3. The van der Waals surface area contributed by atoms with Crippen LogP contribution in [0.3, 0.4) is 0 Å². The van der Waals surface area contributed by atoms with Crippen molar-refractivity contribution in [2.45, 2.75) is 6.92 Å². The zero-order valence-corrected chi connectivity index (χ0v) is 6.26. The van der Waals surface area contributed by atoms with Gasteiger partial charge in [-0.3, -0.25) is 0 Å². The molecule has 0 aliphatic carbocycles. The smallest absolute Gasteiger partial charge is 0.0995 e. The van der Waals surface area contributed by atoms with Gasteiger partial charge < -0.3 is 11.5 Å². The van der Waals surface area contributed by atoms with Gasteiger partial charge in [-0.05, 0) is 24.6 Å². The summed E-state index contributed by atoms with van der Waals surface area (Å²) in [7, 11) is 0. The molecule has 11 heavy (non-hydrogen) atoms. The lowest BCUT2D eigenvalue weighted by atomic mass is 10.1. The zero-order valence-electron chi connectivity index (χ0n) is 6.26. The second-order valence-corrected chi connectivity index (χ2v) is 2.41. The Labute approximate surface area is 65.2 Å². The minimum absolute atomic E-state index is 0.465. The van der Waals surface area contributed by atoms with Gasteiger partial charge in [0.25, 0.3) is 0 Å². The molecule has 0 spiro atoms. The van der Waals surface area contributed by atoms with Crippen molar-refractivity contribution in [1.29, 1.82) is 5.26 Å². The van der Waals surface area contributed by atoms with Crippen molar-refractivity contribution in [2.24, 2.45) is 0 Å². The molecule has 0 fully saturated rings. The van der Waals surface area contributed by atoms with E-state index in [4.69, 9.17) is 16.7 Å². The molecule has 56 valence electrons. The third kappa shape index (κ3) is 1.24. The summed E-state index contributed by atoms with van der Waals surface area (Å²) in [6.07, 6.45) is 0. The molecule has 0 aromatic heterocycles. The maximum Gasteiger partial charge on any atom is 0.0995 e. The molecule has 0 saturated heterocycles. The van der Waals surface area contributed by atoms with E-state index in [9.17, 15) is 0 Å². The van der Waals surface area contributed by atoms with Crippen LogP contribution in [0, 0.1) is 18.3 Å². The van der Waals surface area contributed by atoms with Gasteiger partial charge in [0.05, 0.1) is 23.0 Å². The Morgan fingerprint density at radius 2 is 1.82 bits per heavy atom. The van der Waals surface area contributed by atoms with E-state index in [0.717, 1.165) is 5.56 Å². The summed E-state index contributed by atoms with van der Waals surface area (Å²) < 4.78 is 0. The highest BCUT2D eigenvalue weighted by Gasteiger charge is 2.00. The van der Waals surface area contributed by atoms with Gasteiger partial charge in [-0.1, -0.05) is 0 Å².